The molecule has 0 amide bonds. The molecule has 3 rings (SSSR count). The number of carbonyl (C=O) groups excluding carboxylic acids is 1. The van der Waals surface area contributed by atoms with Gasteiger partial charge in [-0.1, -0.05) is 11.8 Å². The predicted molar refractivity (Wildman–Crippen MR) is 118 cm³/mol. The zero-order chi connectivity index (χ0) is 22.2. The number of benzene rings is 2. The van der Waals surface area contributed by atoms with Crippen molar-refractivity contribution >= 4 is 17.5 Å². The van der Waals surface area contributed by atoms with Gasteiger partial charge in [0.2, 0.25) is 0 Å². The molecule has 1 aromatic heterocycles. The molecule has 0 spiro atoms. The molecule has 0 aliphatic heterocycles. The van der Waals surface area contributed by atoms with Crippen LogP contribution in [-0.2, 0) is 11.3 Å². The van der Waals surface area contributed by atoms with Gasteiger partial charge < -0.3 is 18.9 Å². The lowest BCUT2D eigenvalue weighted by molar-refractivity contribution is 0.101. The second-order valence-corrected chi connectivity index (χ2v) is 7.40. The number of ether oxygens (including phenoxy) is 4. The van der Waals surface area contributed by atoms with Crippen molar-refractivity contribution in [1.29, 1.82) is 0 Å². The zero-order valence-electron chi connectivity index (χ0n) is 18.0. The lowest BCUT2D eigenvalue weighted by Gasteiger charge is -2.11. The molecule has 0 radical (unpaired) electrons. The quantitative estimate of drug-likeness (QED) is 0.328. The average Bonchev–Trinajstić information content (AvgIpc) is 3.23. The highest BCUT2D eigenvalue weighted by Crippen LogP contribution is 2.29. The number of thioether (sulfide) groups is 1. The molecule has 164 valence electrons. The van der Waals surface area contributed by atoms with E-state index in [1.54, 1.807) is 39.5 Å². The van der Waals surface area contributed by atoms with Crippen molar-refractivity contribution in [1.82, 2.24) is 14.8 Å². The summed E-state index contributed by atoms with van der Waals surface area (Å²) in [4.78, 5) is 12.8. The molecule has 0 aliphatic carbocycles. The van der Waals surface area contributed by atoms with Crippen LogP contribution >= 0.6 is 11.8 Å². The van der Waals surface area contributed by atoms with Crippen LogP contribution in [-0.4, -0.2) is 61.3 Å². The van der Waals surface area contributed by atoms with Crippen LogP contribution < -0.4 is 14.2 Å². The van der Waals surface area contributed by atoms with Gasteiger partial charge in [-0.05, 0) is 36.4 Å². The van der Waals surface area contributed by atoms with Gasteiger partial charge >= 0.3 is 0 Å². The molecule has 9 heteroatoms. The Bertz CT molecular complexity index is 1020. The Morgan fingerprint density at radius 1 is 0.935 bits per heavy atom. The zero-order valence-corrected chi connectivity index (χ0v) is 18.8. The Hall–Kier alpha value is -3.04. The number of nitrogens with zero attached hydrogens (tertiary/aromatic N) is 3. The Balaban J connectivity index is 1.81. The van der Waals surface area contributed by atoms with Gasteiger partial charge in [0, 0.05) is 18.7 Å². The van der Waals surface area contributed by atoms with Crippen molar-refractivity contribution in [2.45, 2.75) is 11.7 Å². The molecule has 3 aromatic rings. The molecule has 0 bridgehead atoms. The number of methoxy groups -OCH3 is 4. The van der Waals surface area contributed by atoms with E-state index in [2.05, 4.69) is 10.2 Å². The van der Waals surface area contributed by atoms with Gasteiger partial charge in [0.25, 0.3) is 0 Å². The van der Waals surface area contributed by atoms with Gasteiger partial charge in [-0.15, -0.1) is 10.2 Å². The topological polar surface area (TPSA) is 84.7 Å². The largest absolute Gasteiger partial charge is 0.497 e. The van der Waals surface area contributed by atoms with E-state index in [1.165, 1.54) is 18.9 Å². The molecule has 8 nitrogen and oxygen atoms in total. The van der Waals surface area contributed by atoms with E-state index < -0.39 is 0 Å². The first-order chi connectivity index (χ1) is 15.1. The molecule has 31 heavy (non-hydrogen) atoms. The summed E-state index contributed by atoms with van der Waals surface area (Å²) in [5.74, 6) is 2.69. The molecular formula is C22H25N3O5S. The fourth-order valence-corrected chi connectivity index (χ4v) is 3.82. The standard InChI is InChI=1S/C22H25N3O5S/c1-27-12-11-25-21(15-5-7-16(28-2)8-6-15)23-24-22(25)31-14-19(26)18-10-9-17(29-3)13-20(18)30-4/h5-10,13H,11-12,14H2,1-4H3. The molecule has 1 heterocycles. The van der Waals surface area contributed by atoms with E-state index in [4.69, 9.17) is 18.9 Å². The van der Waals surface area contributed by atoms with E-state index in [0.29, 0.717) is 41.2 Å². The molecule has 0 saturated heterocycles. The highest BCUT2D eigenvalue weighted by molar-refractivity contribution is 7.99. The smallest absolute Gasteiger partial charge is 0.192 e. The molecule has 0 fully saturated rings. The maximum atomic E-state index is 12.8. The van der Waals surface area contributed by atoms with Gasteiger partial charge in [-0.25, -0.2) is 0 Å². The third-order valence-electron chi connectivity index (χ3n) is 4.63. The van der Waals surface area contributed by atoms with Crippen molar-refractivity contribution in [3.05, 3.63) is 48.0 Å². The van der Waals surface area contributed by atoms with Gasteiger partial charge in [-0.2, -0.15) is 0 Å². The summed E-state index contributed by atoms with van der Waals surface area (Å²) >= 11 is 1.33. The first-order valence-electron chi connectivity index (χ1n) is 9.55. The number of aromatic nitrogens is 3. The van der Waals surface area contributed by atoms with Crippen LogP contribution in [0.3, 0.4) is 0 Å². The van der Waals surface area contributed by atoms with Crippen LogP contribution in [0.4, 0.5) is 0 Å². The van der Waals surface area contributed by atoms with Crippen LogP contribution in [0.2, 0.25) is 0 Å². The van der Waals surface area contributed by atoms with Crippen molar-refractivity contribution < 1.29 is 23.7 Å². The summed E-state index contributed by atoms with van der Waals surface area (Å²) in [5.41, 5.74) is 1.40. The van der Waals surface area contributed by atoms with E-state index in [0.717, 1.165) is 11.3 Å². The van der Waals surface area contributed by atoms with Crippen LogP contribution in [0.15, 0.2) is 47.6 Å². The first-order valence-corrected chi connectivity index (χ1v) is 10.5. The summed E-state index contributed by atoms with van der Waals surface area (Å²) in [6.07, 6.45) is 0. The fraction of sp³-hybridized carbons (Fsp3) is 0.318. The van der Waals surface area contributed by atoms with Gasteiger partial charge in [0.1, 0.15) is 17.2 Å². The second-order valence-electron chi connectivity index (χ2n) is 6.46. The third-order valence-corrected chi connectivity index (χ3v) is 5.59. The SMILES string of the molecule is COCCn1c(SCC(=O)c2ccc(OC)cc2OC)nnc1-c1ccc(OC)cc1. The molecule has 0 aliphatic rings. The van der Waals surface area contributed by atoms with E-state index in [1.807, 2.05) is 28.8 Å². The summed E-state index contributed by atoms with van der Waals surface area (Å²) < 4.78 is 23.0. The molecular weight excluding hydrogens is 418 g/mol. The third kappa shape index (κ3) is 5.36. The van der Waals surface area contributed by atoms with Crippen LogP contribution in [0, 0.1) is 0 Å². The minimum Gasteiger partial charge on any atom is -0.497 e. The minimum absolute atomic E-state index is 0.0724. The molecule has 0 saturated carbocycles. The minimum atomic E-state index is -0.0724. The van der Waals surface area contributed by atoms with Crippen LogP contribution in [0.5, 0.6) is 17.2 Å². The molecule has 0 unspecified atom stereocenters. The first kappa shape index (κ1) is 22.6. The van der Waals surface area contributed by atoms with E-state index in [-0.39, 0.29) is 11.5 Å². The molecule has 0 N–H and O–H groups in total. The normalized spacial score (nSPS) is 10.7. The number of rotatable bonds is 11. The van der Waals surface area contributed by atoms with Crippen molar-refractivity contribution in [2.24, 2.45) is 0 Å². The summed E-state index contributed by atoms with van der Waals surface area (Å²) in [6, 6.07) is 12.7. The second kappa shape index (κ2) is 10.8. The predicted octanol–water partition coefficient (Wildman–Crippen LogP) is 3.59. The summed E-state index contributed by atoms with van der Waals surface area (Å²) in [7, 11) is 6.37. The van der Waals surface area contributed by atoms with E-state index >= 15 is 0 Å². The van der Waals surface area contributed by atoms with Crippen molar-refractivity contribution in [2.75, 3.05) is 40.8 Å². The van der Waals surface area contributed by atoms with Gasteiger partial charge in [0.05, 0.1) is 45.8 Å². The monoisotopic (exact) mass is 443 g/mol. The highest BCUT2D eigenvalue weighted by Gasteiger charge is 2.18. The lowest BCUT2D eigenvalue weighted by atomic mass is 10.1. The molecule has 2 aromatic carbocycles. The Morgan fingerprint density at radius 3 is 2.29 bits per heavy atom. The number of hydrogen-bond donors (Lipinski definition) is 0. The van der Waals surface area contributed by atoms with Gasteiger partial charge in [0.15, 0.2) is 16.8 Å². The molecule has 0 atom stereocenters. The number of hydrogen-bond acceptors (Lipinski definition) is 8. The number of carbonyl (C=O) groups is 1. The number of ketones is 1. The van der Waals surface area contributed by atoms with Crippen LogP contribution in [0.1, 0.15) is 10.4 Å². The number of Topliss-reactive ketones (excluding diaryl/α,β-unsaturated/α-hetero) is 1. The fourth-order valence-electron chi connectivity index (χ4n) is 2.97. The summed E-state index contributed by atoms with van der Waals surface area (Å²) in [6.45, 7) is 1.06. The average molecular weight is 444 g/mol. The maximum Gasteiger partial charge on any atom is 0.192 e. The Morgan fingerprint density at radius 2 is 1.65 bits per heavy atom. The van der Waals surface area contributed by atoms with Crippen LogP contribution in [0.25, 0.3) is 11.4 Å². The van der Waals surface area contributed by atoms with E-state index in [9.17, 15) is 4.79 Å². The Labute approximate surface area is 185 Å². The highest BCUT2D eigenvalue weighted by atomic mass is 32.2. The lowest BCUT2D eigenvalue weighted by Crippen LogP contribution is -2.10. The van der Waals surface area contributed by atoms with Gasteiger partial charge in [-0.3, -0.25) is 9.36 Å². The maximum absolute atomic E-state index is 12.8. The van der Waals surface area contributed by atoms with Crippen molar-refractivity contribution in [3.8, 4) is 28.6 Å². The summed E-state index contributed by atoms with van der Waals surface area (Å²) in [5, 5.41) is 9.30. The Kier molecular flexibility index (Phi) is 7.91. The van der Waals surface area contributed by atoms with Crippen molar-refractivity contribution in [3.63, 3.8) is 0 Å².